The highest BCUT2D eigenvalue weighted by atomic mass is 32.1. The van der Waals surface area contributed by atoms with Gasteiger partial charge >= 0.3 is 0 Å². The number of aromatic nitrogens is 1. The van der Waals surface area contributed by atoms with Crippen LogP contribution in [-0.2, 0) is 11.4 Å². The molecule has 156 valence electrons. The molecule has 0 radical (unpaired) electrons. The Bertz CT molecular complexity index is 810. The zero-order valence-corrected chi connectivity index (χ0v) is 17.5. The van der Waals surface area contributed by atoms with Crippen LogP contribution in [-0.4, -0.2) is 48.4 Å². The van der Waals surface area contributed by atoms with Gasteiger partial charge in [-0.3, -0.25) is 9.59 Å². The first kappa shape index (κ1) is 21.1. The number of ether oxygens (including phenoxy) is 2. The van der Waals surface area contributed by atoms with Gasteiger partial charge in [-0.15, -0.1) is 11.3 Å². The molecule has 7 nitrogen and oxygen atoms in total. The van der Waals surface area contributed by atoms with Crippen molar-refractivity contribution >= 4 is 23.2 Å². The summed E-state index contributed by atoms with van der Waals surface area (Å²) in [5, 5.41) is 4.84. The lowest BCUT2D eigenvalue weighted by Crippen LogP contribution is -2.34. The first-order valence-corrected chi connectivity index (χ1v) is 10.9. The van der Waals surface area contributed by atoms with Crippen molar-refractivity contribution in [3.63, 3.8) is 0 Å². The van der Waals surface area contributed by atoms with E-state index in [1.807, 2.05) is 10.3 Å². The average molecular weight is 418 g/mol. The molecule has 1 aromatic heterocycles. The quantitative estimate of drug-likeness (QED) is 0.634. The average Bonchev–Trinajstić information content (AvgIpc) is 3.18. The predicted molar refractivity (Wildman–Crippen MR) is 111 cm³/mol. The second-order valence-electron chi connectivity index (χ2n) is 6.93. The Balaban J connectivity index is 1.47. The SMILES string of the molecule is COc1cc(C(=O)NCCCN2CCCCCC2=O)ccc1OCc1cscn1. The second-order valence-corrected chi connectivity index (χ2v) is 7.65. The van der Waals surface area contributed by atoms with E-state index in [0.29, 0.717) is 43.2 Å². The molecule has 8 heteroatoms. The van der Waals surface area contributed by atoms with Crippen molar-refractivity contribution in [1.82, 2.24) is 15.2 Å². The summed E-state index contributed by atoms with van der Waals surface area (Å²) in [7, 11) is 1.55. The summed E-state index contributed by atoms with van der Waals surface area (Å²) in [6.45, 7) is 2.38. The van der Waals surface area contributed by atoms with E-state index in [1.54, 1.807) is 30.8 Å². The lowest BCUT2D eigenvalue weighted by molar-refractivity contribution is -0.130. The summed E-state index contributed by atoms with van der Waals surface area (Å²) in [5.74, 6) is 1.13. The molecular formula is C21H27N3O4S. The van der Waals surface area contributed by atoms with Crippen LogP contribution in [0.3, 0.4) is 0 Å². The van der Waals surface area contributed by atoms with E-state index < -0.39 is 0 Å². The van der Waals surface area contributed by atoms with Crippen LogP contribution in [0.5, 0.6) is 11.5 Å². The van der Waals surface area contributed by atoms with Gasteiger partial charge in [-0.2, -0.15) is 0 Å². The van der Waals surface area contributed by atoms with Gasteiger partial charge in [0.05, 0.1) is 18.3 Å². The van der Waals surface area contributed by atoms with Gasteiger partial charge < -0.3 is 19.7 Å². The molecule has 0 bridgehead atoms. The maximum Gasteiger partial charge on any atom is 0.251 e. The van der Waals surface area contributed by atoms with Crippen molar-refractivity contribution in [2.24, 2.45) is 0 Å². The largest absolute Gasteiger partial charge is 0.493 e. The van der Waals surface area contributed by atoms with E-state index >= 15 is 0 Å². The molecule has 0 atom stereocenters. The number of nitrogens with one attached hydrogen (secondary N) is 1. The molecule has 3 rings (SSSR count). The predicted octanol–water partition coefficient (Wildman–Crippen LogP) is 3.25. The molecule has 2 amide bonds. The Kier molecular flexibility index (Phi) is 7.86. The van der Waals surface area contributed by atoms with Gasteiger partial charge in [0.2, 0.25) is 5.91 Å². The van der Waals surface area contributed by atoms with Crippen molar-refractivity contribution < 1.29 is 19.1 Å². The molecule has 1 aliphatic heterocycles. The third kappa shape index (κ3) is 6.19. The molecule has 29 heavy (non-hydrogen) atoms. The first-order chi connectivity index (χ1) is 14.2. The standard InChI is InChI=1S/C21H27N3O4S/c1-27-19-12-16(7-8-18(19)28-13-17-14-29-15-23-17)21(26)22-9-5-11-24-10-4-2-3-6-20(24)25/h7-8,12,14-15H,2-6,9-11,13H2,1H3,(H,22,26). The van der Waals surface area contributed by atoms with Gasteiger partial charge in [-0.1, -0.05) is 6.42 Å². The van der Waals surface area contributed by atoms with Crippen LogP contribution < -0.4 is 14.8 Å². The van der Waals surface area contributed by atoms with Crippen LogP contribution in [0.4, 0.5) is 0 Å². The summed E-state index contributed by atoms with van der Waals surface area (Å²) in [4.78, 5) is 30.5. The van der Waals surface area contributed by atoms with Crippen molar-refractivity contribution in [3.05, 3.63) is 40.3 Å². The Morgan fingerprint density at radius 2 is 2.17 bits per heavy atom. The number of methoxy groups -OCH3 is 1. The number of benzene rings is 1. The van der Waals surface area contributed by atoms with Crippen LogP contribution in [0, 0.1) is 0 Å². The molecule has 1 saturated heterocycles. The van der Waals surface area contributed by atoms with E-state index in [2.05, 4.69) is 10.3 Å². The maximum atomic E-state index is 12.4. The van der Waals surface area contributed by atoms with Gasteiger partial charge in [0.15, 0.2) is 11.5 Å². The van der Waals surface area contributed by atoms with E-state index in [4.69, 9.17) is 9.47 Å². The molecule has 2 aromatic rings. The van der Waals surface area contributed by atoms with E-state index in [0.717, 1.165) is 37.9 Å². The molecular weight excluding hydrogens is 390 g/mol. The van der Waals surface area contributed by atoms with Gasteiger partial charge in [0.1, 0.15) is 6.61 Å². The Morgan fingerprint density at radius 3 is 2.97 bits per heavy atom. The van der Waals surface area contributed by atoms with Crippen LogP contribution in [0.25, 0.3) is 0 Å². The van der Waals surface area contributed by atoms with Gasteiger partial charge in [0, 0.05) is 37.0 Å². The lowest BCUT2D eigenvalue weighted by atomic mass is 10.2. The Hall–Kier alpha value is -2.61. The Morgan fingerprint density at radius 1 is 1.28 bits per heavy atom. The summed E-state index contributed by atoms with van der Waals surface area (Å²) in [6, 6.07) is 5.12. The third-order valence-corrected chi connectivity index (χ3v) is 5.48. The van der Waals surface area contributed by atoms with Crippen molar-refractivity contribution in [1.29, 1.82) is 0 Å². The molecule has 1 aliphatic rings. The number of likely N-dealkylation sites (tertiary alicyclic amines) is 1. The zero-order valence-electron chi connectivity index (χ0n) is 16.7. The van der Waals surface area contributed by atoms with Gasteiger partial charge in [0.25, 0.3) is 5.91 Å². The summed E-state index contributed by atoms with van der Waals surface area (Å²) in [6.07, 6.45) is 4.54. The number of amides is 2. The summed E-state index contributed by atoms with van der Waals surface area (Å²) < 4.78 is 11.1. The monoisotopic (exact) mass is 417 g/mol. The van der Waals surface area contributed by atoms with E-state index in [1.165, 1.54) is 11.3 Å². The van der Waals surface area contributed by atoms with Crippen molar-refractivity contribution in [2.45, 2.75) is 38.7 Å². The van der Waals surface area contributed by atoms with Crippen LogP contribution in [0.15, 0.2) is 29.1 Å². The fourth-order valence-corrected chi connectivity index (χ4v) is 3.78. The molecule has 1 fully saturated rings. The minimum absolute atomic E-state index is 0.170. The van der Waals surface area contributed by atoms with E-state index in [-0.39, 0.29) is 11.8 Å². The molecule has 1 N–H and O–H groups in total. The topological polar surface area (TPSA) is 80.8 Å². The number of rotatable bonds is 9. The number of hydrogen-bond donors (Lipinski definition) is 1. The van der Waals surface area contributed by atoms with Gasteiger partial charge in [-0.05, 0) is 37.5 Å². The molecule has 2 heterocycles. The van der Waals surface area contributed by atoms with Crippen molar-refractivity contribution in [3.8, 4) is 11.5 Å². The number of carbonyl (C=O) groups is 2. The summed E-state index contributed by atoms with van der Waals surface area (Å²) >= 11 is 1.51. The number of carbonyl (C=O) groups excluding carboxylic acids is 2. The van der Waals surface area contributed by atoms with E-state index in [9.17, 15) is 9.59 Å². The molecule has 0 aliphatic carbocycles. The van der Waals surface area contributed by atoms with Crippen LogP contribution >= 0.6 is 11.3 Å². The van der Waals surface area contributed by atoms with Crippen LogP contribution in [0.2, 0.25) is 0 Å². The normalized spacial score (nSPS) is 14.4. The fourth-order valence-electron chi connectivity index (χ4n) is 3.24. The highest BCUT2D eigenvalue weighted by Gasteiger charge is 2.16. The highest BCUT2D eigenvalue weighted by Crippen LogP contribution is 2.28. The third-order valence-electron chi connectivity index (χ3n) is 4.85. The number of thiazole rings is 1. The Labute approximate surface area is 175 Å². The first-order valence-electron chi connectivity index (χ1n) is 9.91. The maximum absolute atomic E-state index is 12.4. The minimum Gasteiger partial charge on any atom is -0.493 e. The molecule has 0 unspecified atom stereocenters. The number of nitrogens with zero attached hydrogens (tertiary/aromatic N) is 2. The zero-order chi connectivity index (χ0) is 20.5. The highest BCUT2D eigenvalue weighted by molar-refractivity contribution is 7.07. The van der Waals surface area contributed by atoms with Crippen LogP contribution in [0.1, 0.15) is 48.2 Å². The smallest absolute Gasteiger partial charge is 0.251 e. The molecule has 1 aromatic carbocycles. The molecule has 0 spiro atoms. The van der Waals surface area contributed by atoms with Crippen molar-refractivity contribution in [2.75, 3.05) is 26.7 Å². The summed E-state index contributed by atoms with van der Waals surface area (Å²) in [5.41, 5.74) is 3.11. The second kappa shape index (κ2) is 10.8. The number of hydrogen-bond acceptors (Lipinski definition) is 6. The lowest BCUT2D eigenvalue weighted by Gasteiger charge is -2.20. The van der Waals surface area contributed by atoms with Gasteiger partial charge in [-0.25, -0.2) is 4.98 Å². The minimum atomic E-state index is -0.170. The fraction of sp³-hybridized carbons (Fsp3) is 0.476. The molecule has 0 saturated carbocycles.